The van der Waals surface area contributed by atoms with Crippen LogP contribution in [-0.4, -0.2) is 15.7 Å². The maximum atomic E-state index is 10.7. The van der Waals surface area contributed by atoms with Crippen molar-refractivity contribution in [2.24, 2.45) is 11.0 Å². The number of fused-ring (bicyclic) bond motifs is 1. The summed E-state index contributed by atoms with van der Waals surface area (Å²) in [6.45, 7) is 5.12. The number of rotatable bonds is 6. The van der Waals surface area contributed by atoms with Crippen LogP contribution in [0.15, 0.2) is 53.6 Å². The van der Waals surface area contributed by atoms with Gasteiger partial charge in [0.1, 0.15) is 5.15 Å². The molecule has 0 aliphatic carbocycles. The minimum atomic E-state index is -0.434. The number of nitro groups is 1. The second-order valence-corrected chi connectivity index (χ2v) is 6.76. The van der Waals surface area contributed by atoms with Gasteiger partial charge in [0.05, 0.1) is 16.8 Å². The van der Waals surface area contributed by atoms with Crippen LogP contribution < -0.4 is 5.43 Å². The lowest BCUT2D eigenvalue weighted by atomic mass is 10.2. The Morgan fingerprint density at radius 3 is 2.58 bits per heavy atom. The highest BCUT2D eigenvalue weighted by Gasteiger charge is 2.14. The molecule has 1 N–H and O–H groups in total. The maximum Gasteiger partial charge on any atom is 0.269 e. The van der Waals surface area contributed by atoms with Crippen LogP contribution in [0, 0.1) is 16.0 Å². The fourth-order valence-electron chi connectivity index (χ4n) is 2.79. The first-order valence-corrected chi connectivity index (χ1v) is 8.65. The number of hydrogen-bond acceptors (Lipinski definition) is 4. The summed E-state index contributed by atoms with van der Waals surface area (Å²) >= 11 is 6.60. The molecule has 2 aromatic carbocycles. The number of anilines is 1. The SMILES string of the molecule is CC(C)Cn1c(Cl)c(/C=N/Nc2ccc([N+](=O)[O-])cc2)c2ccccc21. The Hall–Kier alpha value is -2.86. The number of nitro benzene ring substituents is 1. The van der Waals surface area contributed by atoms with E-state index < -0.39 is 4.92 Å². The molecule has 0 fully saturated rings. The van der Waals surface area contributed by atoms with E-state index in [2.05, 4.69) is 28.9 Å². The van der Waals surface area contributed by atoms with Crippen molar-refractivity contribution in [3.05, 3.63) is 69.4 Å². The van der Waals surface area contributed by atoms with Crippen LogP contribution in [0.5, 0.6) is 0 Å². The molecule has 0 aliphatic heterocycles. The molecule has 1 aromatic heterocycles. The standard InChI is InChI=1S/C19H19ClN4O2/c1-13(2)12-23-18-6-4-3-5-16(18)17(19(23)20)11-21-22-14-7-9-15(10-8-14)24(25)26/h3-11,13,22H,12H2,1-2H3/b21-11+. The molecule has 0 saturated heterocycles. The van der Waals surface area contributed by atoms with Crippen molar-refractivity contribution < 1.29 is 4.92 Å². The molecule has 0 bridgehead atoms. The van der Waals surface area contributed by atoms with Gasteiger partial charge in [0.15, 0.2) is 0 Å². The number of para-hydroxylation sites is 1. The van der Waals surface area contributed by atoms with Gasteiger partial charge < -0.3 is 4.57 Å². The highest BCUT2D eigenvalue weighted by atomic mass is 35.5. The van der Waals surface area contributed by atoms with Crippen LogP contribution in [-0.2, 0) is 6.54 Å². The number of non-ortho nitro benzene ring substituents is 1. The zero-order valence-electron chi connectivity index (χ0n) is 14.5. The summed E-state index contributed by atoms with van der Waals surface area (Å²) in [6.07, 6.45) is 1.68. The van der Waals surface area contributed by atoms with Crippen molar-refractivity contribution in [3.8, 4) is 0 Å². The van der Waals surface area contributed by atoms with Crippen LogP contribution in [0.3, 0.4) is 0 Å². The monoisotopic (exact) mass is 370 g/mol. The van der Waals surface area contributed by atoms with Gasteiger partial charge >= 0.3 is 0 Å². The topological polar surface area (TPSA) is 72.5 Å². The van der Waals surface area contributed by atoms with Crippen molar-refractivity contribution >= 4 is 40.1 Å². The van der Waals surface area contributed by atoms with E-state index in [4.69, 9.17) is 11.6 Å². The summed E-state index contributed by atoms with van der Waals surface area (Å²) in [5, 5.41) is 16.6. The Kier molecular flexibility index (Phi) is 5.23. The highest BCUT2D eigenvalue weighted by Crippen LogP contribution is 2.29. The first kappa shape index (κ1) is 17.9. The zero-order valence-corrected chi connectivity index (χ0v) is 15.3. The molecule has 0 saturated carbocycles. The molecule has 3 rings (SSSR count). The molecule has 7 heteroatoms. The van der Waals surface area contributed by atoms with Crippen molar-refractivity contribution in [2.75, 3.05) is 5.43 Å². The average molecular weight is 371 g/mol. The van der Waals surface area contributed by atoms with Crippen LogP contribution in [0.4, 0.5) is 11.4 Å². The first-order valence-electron chi connectivity index (χ1n) is 8.27. The molecule has 3 aromatic rings. The molecule has 0 aliphatic rings. The molecule has 0 amide bonds. The Balaban J connectivity index is 1.87. The highest BCUT2D eigenvalue weighted by molar-refractivity contribution is 6.34. The molecule has 0 unspecified atom stereocenters. The van der Waals surface area contributed by atoms with Gasteiger partial charge in [-0.3, -0.25) is 15.5 Å². The molecule has 6 nitrogen and oxygen atoms in total. The van der Waals surface area contributed by atoms with Crippen molar-refractivity contribution in [1.82, 2.24) is 4.57 Å². The second kappa shape index (κ2) is 7.58. The Bertz CT molecular complexity index is 962. The lowest BCUT2D eigenvalue weighted by molar-refractivity contribution is -0.384. The normalized spacial score (nSPS) is 11.5. The van der Waals surface area contributed by atoms with Gasteiger partial charge in [-0.05, 0) is 24.1 Å². The van der Waals surface area contributed by atoms with Gasteiger partial charge in [-0.15, -0.1) is 0 Å². The minimum Gasteiger partial charge on any atom is -0.331 e. The smallest absolute Gasteiger partial charge is 0.269 e. The summed E-state index contributed by atoms with van der Waals surface area (Å²) in [4.78, 5) is 10.3. The zero-order chi connectivity index (χ0) is 18.7. The summed E-state index contributed by atoms with van der Waals surface area (Å²) in [5.41, 5.74) is 5.50. The van der Waals surface area contributed by atoms with Crippen molar-refractivity contribution in [1.29, 1.82) is 0 Å². The number of hydrogen-bond donors (Lipinski definition) is 1. The van der Waals surface area contributed by atoms with Gasteiger partial charge in [0.2, 0.25) is 0 Å². The van der Waals surface area contributed by atoms with Crippen LogP contribution in [0.1, 0.15) is 19.4 Å². The number of nitrogens with zero attached hydrogens (tertiary/aromatic N) is 3. The van der Waals surface area contributed by atoms with Crippen molar-refractivity contribution in [2.45, 2.75) is 20.4 Å². The van der Waals surface area contributed by atoms with Crippen LogP contribution >= 0.6 is 11.6 Å². The van der Waals surface area contributed by atoms with Gasteiger partial charge in [-0.2, -0.15) is 5.10 Å². The number of aromatic nitrogens is 1. The van der Waals surface area contributed by atoms with E-state index in [1.54, 1.807) is 18.3 Å². The van der Waals surface area contributed by atoms with Crippen LogP contribution in [0.25, 0.3) is 10.9 Å². The molecule has 1 heterocycles. The van der Waals surface area contributed by atoms with Gasteiger partial charge in [-0.25, -0.2) is 0 Å². The number of halogens is 1. The predicted octanol–water partition coefficient (Wildman–Crippen LogP) is 5.30. The number of benzene rings is 2. The van der Waals surface area contributed by atoms with Gasteiger partial charge in [0, 0.05) is 35.1 Å². The molecule has 0 atom stereocenters. The second-order valence-electron chi connectivity index (χ2n) is 6.40. The fraction of sp³-hybridized carbons (Fsp3) is 0.211. The lowest BCUT2D eigenvalue weighted by Gasteiger charge is -2.09. The van der Waals surface area contributed by atoms with E-state index in [0.717, 1.165) is 23.0 Å². The lowest BCUT2D eigenvalue weighted by Crippen LogP contribution is -2.04. The largest absolute Gasteiger partial charge is 0.331 e. The average Bonchev–Trinajstić information content (AvgIpc) is 2.87. The van der Waals surface area contributed by atoms with E-state index in [1.807, 2.05) is 24.3 Å². The van der Waals surface area contributed by atoms with Gasteiger partial charge in [0.25, 0.3) is 5.69 Å². The van der Waals surface area contributed by atoms with Crippen LogP contribution in [0.2, 0.25) is 5.15 Å². The third kappa shape index (κ3) is 3.70. The Morgan fingerprint density at radius 2 is 1.92 bits per heavy atom. The van der Waals surface area contributed by atoms with E-state index in [-0.39, 0.29) is 5.69 Å². The molecule has 0 radical (unpaired) electrons. The van der Waals surface area contributed by atoms with E-state index in [9.17, 15) is 10.1 Å². The summed E-state index contributed by atoms with van der Waals surface area (Å²) < 4.78 is 2.09. The minimum absolute atomic E-state index is 0.0410. The molecule has 0 spiro atoms. The van der Waals surface area contributed by atoms with E-state index in [1.165, 1.54) is 12.1 Å². The molecular formula is C19H19ClN4O2. The molecule has 134 valence electrons. The molecule has 26 heavy (non-hydrogen) atoms. The third-order valence-corrected chi connectivity index (χ3v) is 4.37. The fourth-order valence-corrected chi connectivity index (χ4v) is 3.11. The quantitative estimate of drug-likeness (QED) is 0.363. The maximum absolute atomic E-state index is 10.7. The number of nitrogens with one attached hydrogen (secondary N) is 1. The molecular weight excluding hydrogens is 352 g/mol. The first-order chi connectivity index (χ1) is 12.5. The number of hydrazone groups is 1. The Labute approximate surface area is 156 Å². The predicted molar refractivity (Wildman–Crippen MR) is 106 cm³/mol. The van der Waals surface area contributed by atoms with Gasteiger partial charge in [-0.1, -0.05) is 43.6 Å². The summed E-state index contributed by atoms with van der Waals surface area (Å²) in [7, 11) is 0. The third-order valence-electron chi connectivity index (χ3n) is 3.96. The summed E-state index contributed by atoms with van der Waals surface area (Å²) in [6, 6.07) is 14.1. The summed E-state index contributed by atoms with van der Waals surface area (Å²) in [5.74, 6) is 0.464. The Morgan fingerprint density at radius 1 is 1.23 bits per heavy atom. The van der Waals surface area contributed by atoms with E-state index in [0.29, 0.717) is 16.8 Å². The van der Waals surface area contributed by atoms with Crippen molar-refractivity contribution in [3.63, 3.8) is 0 Å². The van der Waals surface area contributed by atoms with E-state index >= 15 is 0 Å².